The van der Waals surface area contributed by atoms with Crippen molar-refractivity contribution in [1.82, 2.24) is 15.6 Å². The number of thiocarbonyl (C=S) groups is 1. The van der Waals surface area contributed by atoms with Gasteiger partial charge in [0.05, 0.1) is 32.6 Å². The van der Waals surface area contributed by atoms with Crippen LogP contribution in [0.1, 0.15) is 19.4 Å². The number of nitrogens with zero attached hydrogens (tertiary/aromatic N) is 2. The quantitative estimate of drug-likeness (QED) is 0.383. The van der Waals surface area contributed by atoms with Crippen molar-refractivity contribution in [3.05, 3.63) is 23.8 Å². The summed E-state index contributed by atoms with van der Waals surface area (Å²) in [6.07, 6.45) is 1.70. The average molecular weight is 381 g/mol. The van der Waals surface area contributed by atoms with Crippen LogP contribution in [0.3, 0.4) is 0 Å². The summed E-state index contributed by atoms with van der Waals surface area (Å²) >= 11 is 5.24. The molecule has 144 valence electrons. The van der Waals surface area contributed by atoms with Crippen LogP contribution in [0.2, 0.25) is 0 Å². The van der Waals surface area contributed by atoms with Gasteiger partial charge in [-0.05, 0) is 49.8 Å². The Hall–Kier alpha value is -1.90. The molecule has 1 aliphatic heterocycles. The summed E-state index contributed by atoms with van der Waals surface area (Å²) < 4.78 is 16.5. The molecule has 1 saturated heterocycles. The highest BCUT2D eigenvalue weighted by Crippen LogP contribution is 2.27. The number of benzene rings is 1. The fourth-order valence-electron chi connectivity index (χ4n) is 2.51. The van der Waals surface area contributed by atoms with Gasteiger partial charge in [0.2, 0.25) is 0 Å². The molecule has 26 heavy (non-hydrogen) atoms. The number of ether oxygens (including phenoxy) is 3. The SMILES string of the molecule is CCOc1ccc(/C=N/NC(=S)NCCN2CCOCC2)cc1OCC. The fraction of sp³-hybridized carbons (Fsp3) is 0.556. The molecule has 0 bridgehead atoms. The van der Waals surface area contributed by atoms with E-state index in [-0.39, 0.29) is 0 Å². The minimum Gasteiger partial charge on any atom is -0.490 e. The minimum absolute atomic E-state index is 0.505. The highest BCUT2D eigenvalue weighted by Gasteiger charge is 2.09. The Labute approximate surface area is 160 Å². The molecule has 1 fully saturated rings. The second-order valence-electron chi connectivity index (χ2n) is 5.65. The third-order valence-electron chi connectivity index (χ3n) is 3.76. The molecule has 0 aliphatic carbocycles. The second kappa shape index (κ2) is 11.7. The molecule has 1 aliphatic rings. The van der Waals surface area contributed by atoms with Crippen LogP contribution in [0.15, 0.2) is 23.3 Å². The largest absolute Gasteiger partial charge is 0.490 e. The topological polar surface area (TPSA) is 67.4 Å². The van der Waals surface area contributed by atoms with Crippen LogP contribution in [0.25, 0.3) is 0 Å². The Bertz CT molecular complexity index is 592. The van der Waals surface area contributed by atoms with Crippen LogP contribution in [0.4, 0.5) is 0 Å². The molecule has 1 aromatic carbocycles. The molecular weight excluding hydrogens is 352 g/mol. The zero-order chi connectivity index (χ0) is 18.6. The summed E-state index contributed by atoms with van der Waals surface area (Å²) in [4.78, 5) is 2.34. The van der Waals surface area contributed by atoms with E-state index in [4.69, 9.17) is 26.4 Å². The van der Waals surface area contributed by atoms with Gasteiger partial charge in [-0.3, -0.25) is 10.3 Å². The number of hydrogen-bond donors (Lipinski definition) is 2. The monoisotopic (exact) mass is 380 g/mol. The molecular formula is C18H28N4O3S. The lowest BCUT2D eigenvalue weighted by Gasteiger charge is -2.26. The van der Waals surface area contributed by atoms with Crippen LogP contribution in [-0.4, -0.2) is 68.8 Å². The zero-order valence-electron chi connectivity index (χ0n) is 15.5. The molecule has 0 spiro atoms. The molecule has 2 rings (SSSR count). The lowest BCUT2D eigenvalue weighted by Crippen LogP contribution is -2.42. The van der Waals surface area contributed by atoms with E-state index >= 15 is 0 Å². The number of nitrogens with one attached hydrogen (secondary N) is 2. The maximum Gasteiger partial charge on any atom is 0.187 e. The van der Waals surface area contributed by atoms with Crippen molar-refractivity contribution >= 4 is 23.5 Å². The lowest BCUT2D eigenvalue weighted by atomic mass is 10.2. The Morgan fingerprint density at radius 3 is 2.69 bits per heavy atom. The summed E-state index contributed by atoms with van der Waals surface area (Å²) in [5.74, 6) is 1.45. The van der Waals surface area contributed by atoms with Crippen molar-refractivity contribution in [3.63, 3.8) is 0 Å². The molecule has 1 aromatic rings. The number of rotatable bonds is 9. The van der Waals surface area contributed by atoms with Crippen molar-refractivity contribution < 1.29 is 14.2 Å². The van der Waals surface area contributed by atoms with Gasteiger partial charge in [0, 0.05) is 26.2 Å². The van der Waals surface area contributed by atoms with Gasteiger partial charge in [0.15, 0.2) is 16.6 Å². The standard InChI is InChI=1S/C18H28N4O3S/c1-3-24-16-6-5-15(13-17(16)25-4-2)14-20-21-18(26)19-7-8-22-9-11-23-12-10-22/h5-6,13-14H,3-4,7-12H2,1-2H3,(H2,19,21,26)/b20-14+. The smallest absolute Gasteiger partial charge is 0.187 e. The average Bonchev–Trinajstić information content (AvgIpc) is 2.65. The van der Waals surface area contributed by atoms with Crippen LogP contribution in [-0.2, 0) is 4.74 Å². The lowest BCUT2D eigenvalue weighted by molar-refractivity contribution is 0.0389. The number of hydrazone groups is 1. The van der Waals surface area contributed by atoms with E-state index in [1.54, 1.807) is 6.21 Å². The van der Waals surface area contributed by atoms with Crippen LogP contribution in [0.5, 0.6) is 11.5 Å². The van der Waals surface area contributed by atoms with Gasteiger partial charge in [-0.1, -0.05) is 0 Å². The number of morpholine rings is 1. The molecule has 0 aromatic heterocycles. The Morgan fingerprint density at radius 2 is 1.96 bits per heavy atom. The van der Waals surface area contributed by atoms with Gasteiger partial charge in [-0.2, -0.15) is 5.10 Å². The third-order valence-corrected chi connectivity index (χ3v) is 4.00. The van der Waals surface area contributed by atoms with Gasteiger partial charge >= 0.3 is 0 Å². The van der Waals surface area contributed by atoms with Gasteiger partial charge in [0.25, 0.3) is 0 Å². The Balaban J connectivity index is 1.75. The van der Waals surface area contributed by atoms with E-state index in [9.17, 15) is 0 Å². The van der Waals surface area contributed by atoms with E-state index in [1.807, 2.05) is 32.0 Å². The summed E-state index contributed by atoms with van der Waals surface area (Å²) in [5.41, 5.74) is 3.74. The first-order chi connectivity index (χ1) is 12.7. The normalized spacial score (nSPS) is 15.0. The van der Waals surface area contributed by atoms with Crippen molar-refractivity contribution in [1.29, 1.82) is 0 Å². The summed E-state index contributed by atoms with van der Waals surface area (Å²) in [7, 11) is 0. The van der Waals surface area contributed by atoms with Crippen molar-refractivity contribution in [3.8, 4) is 11.5 Å². The first-order valence-electron chi connectivity index (χ1n) is 8.99. The molecule has 1 heterocycles. The van der Waals surface area contributed by atoms with E-state index in [0.717, 1.165) is 50.7 Å². The van der Waals surface area contributed by atoms with Crippen LogP contribution in [0, 0.1) is 0 Å². The predicted molar refractivity (Wildman–Crippen MR) is 107 cm³/mol. The zero-order valence-corrected chi connectivity index (χ0v) is 16.3. The summed E-state index contributed by atoms with van der Waals surface area (Å²) in [6.45, 7) is 10.3. The predicted octanol–water partition coefficient (Wildman–Crippen LogP) is 1.61. The van der Waals surface area contributed by atoms with Crippen LogP contribution >= 0.6 is 12.2 Å². The molecule has 0 saturated carbocycles. The van der Waals surface area contributed by atoms with Gasteiger partial charge in [-0.25, -0.2) is 0 Å². The highest BCUT2D eigenvalue weighted by atomic mass is 32.1. The molecule has 7 nitrogen and oxygen atoms in total. The maximum atomic E-state index is 5.61. The van der Waals surface area contributed by atoms with Crippen LogP contribution < -0.4 is 20.2 Å². The summed E-state index contributed by atoms with van der Waals surface area (Å²) in [6, 6.07) is 5.71. The van der Waals surface area contributed by atoms with Crippen molar-refractivity contribution in [2.75, 3.05) is 52.6 Å². The molecule has 0 amide bonds. The number of hydrogen-bond acceptors (Lipinski definition) is 6. The second-order valence-corrected chi connectivity index (χ2v) is 6.06. The van der Waals surface area contributed by atoms with Gasteiger partial charge in [-0.15, -0.1) is 0 Å². The molecule has 0 atom stereocenters. The minimum atomic E-state index is 0.505. The van der Waals surface area contributed by atoms with Crippen molar-refractivity contribution in [2.24, 2.45) is 5.10 Å². The van der Waals surface area contributed by atoms with Gasteiger partial charge in [0.1, 0.15) is 0 Å². The maximum absolute atomic E-state index is 5.61. The molecule has 2 N–H and O–H groups in total. The molecule has 0 radical (unpaired) electrons. The van der Waals surface area contributed by atoms with Crippen molar-refractivity contribution in [2.45, 2.75) is 13.8 Å². The fourth-order valence-corrected chi connectivity index (χ4v) is 2.66. The Kier molecular flexibility index (Phi) is 9.16. The molecule has 8 heteroatoms. The van der Waals surface area contributed by atoms with E-state index in [2.05, 4.69) is 20.7 Å². The van der Waals surface area contributed by atoms with E-state index < -0.39 is 0 Å². The third kappa shape index (κ3) is 7.15. The first kappa shape index (κ1) is 20.4. The summed E-state index contributed by atoms with van der Waals surface area (Å²) in [5, 5.41) is 7.83. The first-order valence-corrected chi connectivity index (χ1v) is 9.40. The highest BCUT2D eigenvalue weighted by molar-refractivity contribution is 7.80. The molecule has 0 unspecified atom stereocenters. The van der Waals surface area contributed by atoms with Gasteiger partial charge < -0.3 is 19.5 Å². The van der Waals surface area contributed by atoms with E-state index in [0.29, 0.717) is 24.1 Å². The Morgan fingerprint density at radius 1 is 1.23 bits per heavy atom. The van der Waals surface area contributed by atoms with E-state index in [1.165, 1.54) is 0 Å².